The summed E-state index contributed by atoms with van der Waals surface area (Å²) in [7, 11) is 1.36. The highest BCUT2D eigenvalue weighted by Gasteiger charge is 2.15. The number of rotatable bonds is 4. The van der Waals surface area contributed by atoms with E-state index >= 15 is 0 Å². The molecule has 11 heavy (non-hydrogen) atoms. The van der Waals surface area contributed by atoms with E-state index in [4.69, 9.17) is 5.73 Å². The monoisotopic (exact) mass is 271 g/mol. The summed E-state index contributed by atoms with van der Waals surface area (Å²) in [4.78, 5) is 10.8. The molecular weight excluding hydrogens is 257 g/mol. The van der Waals surface area contributed by atoms with Crippen LogP contribution in [-0.4, -0.2) is 23.5 Å². The number of hydrogen-bond donors (Lipinski definition) is 1. The van der Waals surface area contributed by atoms with E-state index in [-0.39, 0.29) is 5.97 Å². The van der Waals surface area contributed by atoms with Crippen molar-refractivity contribution in [2.75, 3.05) is 11.5 Å². The standard InChI is InChI=1S/C7H14INO2/c1-5(4-8)3-6(9)7(10)11-2/h5-6H,3-4,9H2,1-2H3/t5?,6-/m0/s1. The lowest BCUT2D eigenvalue weighted by Gasteiger charge is -2.12. The van der Waals surface area contributed by atoms with Crippen LogP contribution in [0.1, 0.15) is 13.3 Å². The van der Waals surface area contributed by atoms with Crippen molar-refractivity contribution in [2.45, 2.75) is 19.4 Å². The van der Waals surface area contributed by atoms with Crippen molar-refractivity contribution in [1.82, 2.24) is 0 Å². The summed E-state index contributed by atoms with van der Waals surface area (Å²) < 4.78 is 5.51. The summed E-state index contributed by atoms with van der Waals surface area (Å²) in [6, 6.07) is -0.454. The molecule has 0 aliphatic carbocycles. The molecule has 0 aliphatic rings. The fourth-order valence-electron chi connectivity index (χ4n) is 0.744. The van der Waals surface area contributed by atoms with Crippen molar-refractivity contribution >= 4 is 28.6 Å². The fraction of sp³-hybridized carbons (Fsp3) is 0.857. The minimum atomic E-state index is -0.454. The molecule has 0 aromatic rings. The SMILES string of the molecule is COC(=O)[C@@H](N)CC(C)CI. The van der Waals surface area contributed by atoms with E-state index in [9.17, 15) is 4.79 Å². The second-order valence-corrected chi connectivity index (χ2v) is 3.51. The Hall–Kier alpha value is 0.160. The van der Waals surface area contributed by atoms with Crippen molar-refractivity contribution in [3.05, 3.63) is 0 Å². The Balaban J connectivity index is 3.67. The maximum atomic E-state index is 10.8. The van der Waals surface area contributed by atoms with Gasteiger partial charge in [0.05, 0.1) is 7.11 Å². The molecule has 0 spiro atoms. The van der Waals surface area contributed by atoms with E-state index in [1.807, 2.05) is 0 Å². The van der Waals surface area contributed by atoms with Crippen LogP contribution in [0.5, 0.6) is 0 Å². The molecule has 0 saturated heterocycles. The number of halogens is 1. The zero-order valence-electron chi connectivity index (χ0n) is 6.84. The number of nitrogens with two attached hydrogens (primary N) is 1. The topological polar surface area (TPSA) is 52.3 Å². The first-order chi connectivity index (χ1) is 5.11. The third-order valence-electron chi connectivity index (χ3n) is 1.42. The molecule has 66 valence electrons. The van der Waals surface area contributed by atoms with Crippen LogP contribution >= 0.6 is 22.6 Å². The summed E-state index contributed by atoms with van der Waals surface area (Å²) in [5.41, 5.74) is 5.53. The fourth-order valence-corrected chi connectivity index (χ4v) is 1.10. The molecule has 1 unspecified atom stereocenters. The van der Waals surface area contributed by atoms with Crippen molar-refractivity contribution in [3.63, 3.8) is 0 Å². The molecule has 0 amide bonds. The lowest BCUT2D eigenvalue weighted by molar-refractivity contribution is -0.142. The van der Waals surface area contributed by atoms with Gasteiger partial charge in [0.1, 0.15) is 6.04 Å². The quantitative estimate of drug-likeness (QED) is 0.470. The second-order valence-electron chi connectivity index (χ2n) is 2.62. The smallest absolute Gasteiger partial charge is 0.322 e. The summed E-state index contributed by atoms with van der Waals surface area (Å²) in [5.74, 6) is 0.159. The number of esters is 1. The Morgan fingerprint density at radius 3 is 2.64 bits per heavy atom. The van der Waals surface area contributed by atoms with E-state index in [2.05, 4.69) is 34.3 Å². The number of methoxy groups -OCH3 is 1. The van der Waals surface area contributed by atoms with E-state index in [0.29, 0.717) is 12.3 Å². The van der Waals surface area contributed by atoms with Gasteiger partial charge in [-0.15, -0.1) is 0 Å². The number of ether oxygens (including phenoxy) is 1. The molecule has 0 aliphatic heterocycles. The molecule has 0 aromatic heterocycles. The molecule has 0 fully saturated rings. The molecule has 2 N–H and O–H groups in total. The Labute approximate surface area is 80.8 Å². The van der Waals surface area contributed by atoms with Gasteiger partial charge in [0.25, 0.3) is 0 Å². The minimum Gasteiger partial charge on any atom is -0.468 e. The van der Waals surface area contributed by atoms with Gasteiger partial charge in [-0.1, -0.05) is 29.5 Å². The number of hydrogen-bond acceptors (Lipinski definition) is 3. The minimum absolute atomic E-state index is 0.318. The molecular formula is C7H14INO2. The van der Waals surface area contributed by atoms with Crippen molar-refractivity contribution in [2.24, 2.45) is 11.7 Å². The highest BCUT2D eigenvalue weighted by atomic mass is 127. The van der Waals surface area contributed by atoms with Gasteiger partial charge >= 0.3 is 5.97 Å². The van der Waals surface area contributed by atoms with E-state index < -0.39 is 6.04 Å². The van der Waals surface area contributed by atoms with Crippen LogP contribution in [0.15, 0.2) is 0 Å². The predicted molar refractivity (Wildman–Crippen MR) is 52.7 cm³/mol. The van der Waals surface area contributed by atoms with Gasteiger partial charge in [0.2, 0.25) is 0 Å². The van der Waals surface area contributed by atoms with E-state index in [0.717, 1.165) is 4.43 Å². The molecule has 0 heterocycles. The van der Waals surface area contributed by atoms with Crippen LogP contribution in [0.25, 0.3) is 0 Å². The van der Waals surface area contributed by atoms with Crippen LogP contribution < -0.4 is 5.73 Å². The lowest BCUT2D eigenvalue weighted by Crippen LogP contribution is -2.33. The Morgan fingerprint density at radius 1 is 1.73 bits per heavy atom. The van der Waals surface area contributed by atoms with Crippen LogP contribution in [-0.2, 0) is 9.53 Å². The zero-order chi connectivity index (χ0) is 8.85. The molecule has 0 radical (unpaired) electrons. The molecule has 3 nitrogen and oxygen atoms in total. The lowest BCUT2D eigenvalue weighted by atomic mass is 10.1. The molecule has 0 rings (SSSR count). The Bertz CT molecular complexity index is 130. The maximum Gasteiger partial charge on any atom is 0.322 e. The van der Waals surface area contributed by atoms with Crippen LogP contribution in [0, 0.1) is 5.92 Å². The van der Waals surface area contributed by atoms with Crippen LogP contribution in [0.2, 0.25) is 0 Å². The van der Waals surface area contributed by atoms with Gasteiger partial charge in [-0.2, -0.15) is 0 Å². The first-order valence-corrected chi connectivity index (χ1v) is 5.03. The first-order valence-electron chi connectivity index (χ1n) is 3.51. The van der Waals surface area contributed by atoms with Crippen molar-refractivity contribution in [3.8, 4) is 0 Å². The van der Waals surface area contributed by atoms with Gasteiger partial charge in [0, 0.05) is 4.43 Å². The average molecular weight is 271 g/mol. The number of alkyl halides is 1. The Kier molecular flexibility index (Phi) is 5.85. The summed E-state index contributed by atoms with van der Waals surface area (Å²) in [6.45, 7) is 2.06. The van der Waals surface area contributed by atoms with Gasteiger partial charge in [0.15, 0.2) is 0 Å². The highest BCUT2D eigenvalue weighted by molar-refractivity contribution is 14.1. The maximum absolute atomic E-state index is 10.8. The molecule has 0 saturated carbocycles. The molecule has 4 heteroatoms. The summed E-state index contributed by atoms with van der Waals surface area (Å²) >= 11 is 2.27. The van der Waals surface area contributed by atoms with Gasteiger partial charge in [-0.05, 0) is 12.3 Å². The zero-order valence-corrected chi connectivity index (χ0v) is 9.00. The summed E-state index contributed by atoms with van der Waals surface area (Å²) in [6.07, 6.45) is 0.704. The van der Waals surface area contributed by atoms with E-state index in [1.54, 1.807) is 0 Å². The third kappa shape index (κ3) is 4.58. The number of carbonyl (C=O) groups is 1. The second kappa shape index (κ2) is 5.77. The Morgan fingerprint density at radius 2 is 2.27 bits per heavy atom. The first kappa shape index (κ1) is 11.2. The summed E-state index contributed by atoms with van der Waals surface area (Å²) in [5, 5.41) is 0. The van der Waals surface area contributed by atoms with Crippen LogP contribution in [0.3, 0.4) is 0 Å². The van der Waals surface area contributed by atoms with E-state index in [1.165, 1.54) is 7.11 Å². The molecule has 0 aromatic carbocycles. The predicted octanol–water partition coefficient (Wildman–Crippen LogP) is 0.948. The number of carbonyl (C=O) groups excluding carboxylic acids is 1. The van der Waals surface area contributed by atoms with Gasteiger partial charge < -0.3 is 10.5 Å². The molecule has 0 bridgehead atoms. The van der Waals surface area contributed by atoms with Crippen molar-refractivity contribution < 1.29 is 9.53 Å². The normalized spacial score (nSPS) is 15.6. The largest absolute Gasteiger partial charge is 0.468 e. The highest BCUT2D eigenvalue weighted by Crippen LogP contribution is 2.08. The van der Waals surface area contributed by atoms with Crippen LogP contribution in [0.4, 0.5) is 0 Å². The van der Waals surface area contributed by atoms with Crippen molar-refractivity contribution in [1.29, 1.82) is 0 Å². The third-order valence-corrected chi connectivity index (χ3v) is 2.93. The average Bonchev–Trinajstić information content (AvgIpc) is 2.02. The van der Waals surface area contributed by atoms with Gasteiger partial charge in [-0.3, -0.25) is 4.79 Å². The van der Waals surface area contributed by atoms with Gasteiger partial charge in [-0.25, -0.2) is 0 Å². The molecule has 2 atom stereocenters.